The Hall–Kier alpha value is -1.81. The van der Waals surface area contributed by atoms with Gasteiger partial charge < -0.3 is 9.47 Å². The van der Waals surface area contributed by atoms with Crippen molar-refractivity contribution in [2.75, 3.05) is 7.11 Å². The highest BCUT2D eigenvalue weighted by molar-refractivity contribution is 9.10. The van der Waals surface area contributed by atoms with Crippen molar-refractivity contribution in [2.24, 2.45) is 0 Å². The molecule has 0 heterocycles. The van der Waals surface area contributed by atoms with Crippen molar-refractivity contribution in [3.63, 3.8) is 0 Å². The lowest BCUT2D eigenvalue weighted by molar-refractivity contribution is 0.0600. The van der Waals surface area contributed by atoms with Crippen LogP contribution in [0.1, 0.15) is 21.5 Å². The maximum Gasteiger partial charge on any atom is 0.337 e. The van der Waals surface area contributed by atoms with Crippen molar-refractivity contribution < 1.29 is 14.3 Å². The van der Waals surface area contributed by atoms with E-state index >= 15 is 0 Å². The Morgan fingerprint density at radius 3 is 2.45 bits per heavy atom. The molecular weight excluding hydrogens is 320 g/mol. The molecule has 0 aromatic heterocycles. The number of esters is 1. The fourth-order valence-electron chi connectivity index (χ4n) is 1.73. The van der Waals surface area contributed by atoms with Crippen molar-refractivity contribution >= 4 is 21.9 Å². The number of carbonyl (C=O) groups excluding carboxylic acids is 1. The normalized spacial score (nSPS) is 10.2. The standard InChI is InChI=1S/C16H15BrO3/c1-11-9-14(7-8-15(11)17)20-10-12-3-5-13(6-4-12)16(18)19-2/h3-9H,10H2,1-2H3. The summed E-state index contributed by atoms with van der Waals surface area (Å²) in [7, 11) is 1.37. The molecule has 0 saturated heterocycles. The molecule has 0 radical (unpaired) electrons. The molecule has 0 N–H and O–H groups in total. The minimum atomic E-state index is -0.332. The minimum Gasteiger partial charge on any atom is -0.489 e. The summed E-state index contributed by atoms with van der Waals surface area (Å²) in [6.07, 6.45) is 0. The molecule has 0 fully saturated rings. The van der Waals surface area contributed by atoms with Gasteiger partial charge in [0.15, 0.2) is 0 Å². The number of ether oxygens (including phenoxy) is 2. The summed E-state index contributed by atoms with van der Waals surface area (Å²) in [4.78, 5) is 11.3. The van der Waals surface area contributed by atoms with Crippen LogP contribution in [-0.2, 0) is 11.3 Å². The molecule has 0 amide bonds. The quantitative estimate of drug-likeness (QED) is 0.789. The largest absolute Gasteiger partial charge is 0.489 e. The molecule has 0 aliphatic carbocycles. The predicted molar refractivity (Wildman–Crippen MR) is 81.0 cm³/mol. The smallest absolute Gasteiger partial charge is 0.337 e. The zero-order valence-corrected chi connectivity index (χ0v) is 12.9. The number of carbonyl (C=O) groups is 1. The molecule has 104 valence electrons. The Kier molecular flexibility index (Phi) is 4.79. The average Bonchev–Trinajstić information content (AvgIpc) is 2.48. The van der Waals surface area contributed by atoms with Crippen molar-refractivity contribution in [3.8, 4) is 5.75 Å². The van der Waals surface area contributed by atoms with Crippen molar-refractivity contribution in [1.29, 1.82) is 0 Å². The van der Waals surface area contributed by atoms with Gasteiger partial charge in [-0.3, -0.25) is 0 Å². The van der Waals surface area contributed by atoms with E-state index in [9.17, 15) is 4.79 Å². The lowest BCUT2D eigenvalue weighted by atomic mass is 10.1. The first-order chi connectivity index (χ1) is 9.60. The van der Waals surface area contributed by atoms with Crippen LogP contribution in [-0.4, -0.2) is 13.1 Å². The number of aryl methyl sites for hydroxylation is 1. The summed E-state index contributed by atoms with van der Waals surface area (Å²) in [5.74, 6) is 0.490. The molecule has 2 aromatic carbocycles. The van der Waals surface area contributed by atoms with Crippen LogP contribution in [0.2, 0.25) is 0 Å². The second-order valence-corrected chi connectivity index (χ2v) is 5.24. The van der Waals surface area contributed by atoms with E-state index in [0.29, 0.717) is 12.2 Å². The van der Waals surface area contributed by atoms with Gasteiger partial charge in [-0.15, -0.1) is 0 Å². The Balaban J connectivity index is 2.00. The molecule has 0 aliphatic rings. The van der Waals surface area contributed by atoms with E-state index in [2.05, 4.69) is 20.7 Å². The monoisotopic (exact) mass is 334 g/mol. The maximum atomic E-state index is 11.3. The van der Waals surface area contributed by atoms with Gasteiger partial charge in [0.1, 0.15) is 12.4 Å². The molecule has 3 nitrogen and oxygen atoms in total. The molecule has 0 saturated carbocycles. The molecule has 2 rings (SSSR count). The lowest BCUT2D eigenvalue weighted by Gasteiger charge is -2.08. The topological polar surface area (TPSA) is 35.5 Å². The Bertz CT molecular complexity index is 606. The van der Waals surface area contributed by atoms with Crippen LogP contribution in [0.15, 0.2) is 46.9 Å². The first kappa shape index (κ1) is 14.6. The highest BCUT2D eigenvalue weighted by Gasteiger charge is 2.05. The zero-order chi connectivity index (χ0) is 14.5. The third-order valence-corrected chi connectivity index (χ3v) is 3.80. The first-order valence-electron chi connectivity index (χ1n) is 6.16. The number of hydrogen-bond acceptors (Lipinski definition) is 3. The minimum absolute atomic E-state index is 0.332. The van der Waals surface area contributed by atoms with Crippen LogP contribution in [0.25, 0.3) is 0 Å². The first-order valence-corrected chi connectivity index (χ1v) is 6.95. The van der Waals surface area contributed by atoms with Crippen molar-refractivity contribution in [3.05, 3.63) is 63.6 Å². The zero-order valence-electron chi connectivity index (χ0n) is 11.4. The number of methoxy groups -OCH3 is 1. The summed E-state index contributed by atoms with van der Waals surface area (Å²) in [6.45, 7) is 2.48. The summed E-state index contributed by atoms with van der Waals surface area (Å²) in [6, 6.07) is 13.0. The van der Waals surface area contributed by atoms with Gasteiger partial charge in [-0.25, -0.2) is 4.79 Å². The van der Waals surface area contributed by atoms with Gasteiger partial charge in [0.25, 0.3) is 0 Å². The fourth-order valence-corrected chi connectivity index (χ4v) is 1.98. The highest BCUT2D eigenvalue weighted by atomic mass is 79.9. The third kappa shape index (κ3) is 3.61. The molecule has 2 aromatic rings. The maximum absolute atomic E-state index is 11.3. The second-order valence-electron chi connectivity index (χ2n) is 4.39. The number of halogens is 1. The molecular formula is C16H15BrO3. The number of hydrogen-bond donors (Lipinski definition) is 0. The second kappa shape index (κ2) is 6.57. The number of rotatable bonds is 4. The molecule has 0 unspecified atom stereocenters. The van der Waals surface area contributed by atoms with E-state index < -0.39 is 0 Å². The Morgan fingerprint density at radius 2 is 1.85 bits per heavy atom. The van der Waals surface area contributed by atoms with Gasteiger partial charge >= 0.3 is 5.97 Å². The molecule has 0 aliphatic heterocycles. The molecule has 4 heteroatoms. The lowest BCUT2D eigenvalue weighted by Crippen LogP contribution is -2.02. The predicted octanol–water partition coefficient (Wildman–Crippen LogP) is 4.12. The summed E-state index contributed by atoms with van der Waals surface area (Å²) in [5, 5.41) is 0. The van der Waals surface area contributed by atoms with E-state index in [1.807, 2.05) is 37.3 Å². The van der Waals surface area contributed by atoms with Gasteiger partial charge in [-0.2, -0.15) is 0 Å². The van der Waals surface area contributed by atoms with Crippen molar-refractivity contribution in [2.45, 2.75) is 13.5 Å². The van der Waals surface area contributed by atoms with Crippen LogP contribution >= 0.6 is 15.9 Å². The van der Waals surface area contributed by atoms with E-state index in [0.717, 1.165) is 21.3 Å². The molecule has 0 spiro atoms. The fraction of sp³-hybridized carbons (Fsp3) is 0.188. The Labute approximate surface area is 126 Å². The third-order valence-electron chi connectivity index (χ3n) is 2.91. The van der Waals surface area contributed by atoms with E-state index in [1.165, 1.54) is 7.11 Å². The van der Waals surface area contributed by atoms with Gasteiger partial charge in [0.05, 0.1) is 12.7 Å². The Morgan fingerprint density at radius 1 is 1.15 bits per heavy atom. The van der Waals surface area contributed by atoms with Gasteiger partial charge in [0.2, 0.25) is 0 Å². The number of benzene rings is 2. The SMILES string of the molecule is COC(=O)c1ccc(COc2ccc(Br)c(C)c2)cc1. The van der Waals surface area contributed by atoms with Crippen molar-refractivity contribution in [1.82, 2.24) is 0 Å². The van der Waals surface area contributed by atoms with Crippen LogP contribution in [0.4, 0.5) is 0 Å². The van der Waals surface area contributed by atoms with Crippen LogP contribution in [0.3, 0.4) is 0 Å². The van der Waals surface area contributed by atoms with Gasteiger partial charge in [-0.1, -0.05) is 28.1 Å². The van der Waals surface area contributed by atoms with Gasteiger partial charge in [0, 0.05) is 4.47 Å². The van der Waals surface area contributed by atoms with E-state index in [1.54, 1.807) is 12.1 Å². The van der Waals surface area contributed by atoms with Crippen LogP contribution in [0, 0.1) is 6.92 Å². The summed E-state index contributed by atoms with van der Waals surface area (Å²) in [5.41, 5.74) is 2.66. The summed E-state index contributed by atoms with van der Waals surface area (Å²) >= 11 is 3.45. The molecule has 0 atom stereocenters. The molecule has 0 bridgehead atoms. The van der Waals surface area contributed by atoms with Gasteiger partial charge in [-0.05, 0) is 48.4 Å². The van der Waals surface area contributed by atoms with E-state index in [4.69, 9.17) is 4.74 Å². The van der Waals surface area contributed by atoms with Crippen LogP contribution in [0.5, 0.6) is 5.75 Å². The molecule has 20 heavy (non-hydrogen) atoms. The van der Waals surface area contributed by atoms with E-state index in [-0.39, 0.29) is 5.97 Å². The average molecular weight is 335 g/mol. The highest BCUT2D eigenvalue weighted by Crippen LogP contribution is 2.22. The summed E-state index contributed by atoms with van der Waals surface area (Å²) < 4.78 is 11.4. The van der Waals surface area contributed by atoms with Crippen LogP contribution < -0.4 is 4.74 Å².